The summed E-state index contributed by atoms with van der Waals surface area (Å²) < 4.78 is 5.35. The normalized spacial score (nSPS) is 45.5. The SMILES string of the molecule is O[C@@]12C=C[C@@H](CCCC1)O2. The zero-order chi connectivity index (χ0) is 7.03. The summed E-state index contributed by atoms with van der Waals surface area (Å²) in [6.07, 6.45) is 8.04. The van der Waals surface area contributed by atoms with Crippen molar-refractivity contribution >= 4 is 0 Å². The molecule has 0 aliphatic carbocycles. The fourth-order valence-corrected chi connectivity index (χ4v) is 1.62. The Morgan fingerprint density at radius 3 is 3.30 bits per heavy atom. The summed E-state index contributed by atoms with van der Waals surface area (Å²) in [4.78, 5) is 0. The second kappa shape index (κ2) is 2.07. The summed E-state index contributed by atoms with van der Waals surface area (Å²) in [7, 11) is 0. The van der Waals surface area contributed by atoms with Crippen molar-refractivity contribution in [3.8, 4) is 0 Å². The maximum absolute atomic E-state index is 9.59. The van der Waals surface area contributed by atoms with Gasteiger partial charge in [0, 0.05) is 6.42 Å². The summed E-state index contributed by atoms with van der Waals surface area (Å²) in [6.45, 7) is 0. The summed E-state index contributed by atoms with van der Waals surface area (Å²) in [5.74, 6) is -0.902. The van der Waals surface area contributed by atoms with Crippen LogP contribution in [0, 0.1) is 0 Å². The van der Waals surface area contributed by atoms with Gasteiger partial charge < -0.3 is 9.84 Å². The van der Waals surface area contributed by atoms with Gasteiger partial charge in [-0.25, -0.2) is 0 Å². The van der Waals surface area contributed by atoms with E-state index in [1.165, 1.54) is 6.42 Å². The minimum Gasteiger partial charge on any atom is -0.362 e. The maximum atomic E-state index is 9.59. The van der Waals surface area contributed by atoms with Crippen LogP contribution in [0.15, 0.2) is 12.2 Å². The Morgan fingerprint density at radius 1 is 1.50 bits per heavy atom. The molecule has 0 aromatic carbocycles. The Hall–Kier alpha value is -0.340. The third-order valence-electron chi connectivity index (χ3n) is 2.20. The van der Waals surface area contributed by atoms with Crippen molar-refractivity contribution in [2.45, 2.75) is 37.6 Å². The van der Waals surface area contributed by atoms with Gasteiger partial charge in [-0.1, -0.05) is 12.5 Å². The summed E-state index contributed by atoms with van der Waals surface area (Å²) in [6, 6.07) is 0. The zero-order valence-electron chi connectivity index (χ0n) is 5.92. The van der Waals surface area contributed by atoms with Crippen LogP contribution in [-0.4, -0.2) is 17.0 Å². The molecule has 10 heavy (non-hydrogen) atoms. The minimum atomic E-state index is -0.902. The molecule has 2 heteroatoms. The van der Waals surface area contributed by atoms with Crippen molar-refractivity contribution < 1.29 is 9.84 Å². The first kappa shape index (κ1) is 6.38. The molecule has 2 atom stereocenters. The molecular weight excluding hydrogens is 128 g/mol. The van der Waals surface area contributed by atoms with E-state index < -0.39 is 5.79 Å². The molecule has 0 spiro atoms. The quantitative estimate of drug-likeness (QED) is 0.512. The smallest absolute Gasteiger partial charge is 0.185 e. The van der Waals surface area contributed by atoms with Gasteiger partial charge in [0.1, 0.15) is 0 Å². The van der Waals surface area contributed by atoms with Gasteiger partial charge >= 0.3 is 0 Å². The van der Waals surface area contributed by atoms with Crippen LogP contribution in [0.25, 0.3) is 0 Å². The van der Waals surface area contributed by atoms with Crippen LogP contribution >= 0.6 is 0 Å². The van der Waals surface area contributed by atoms with Gasteiger partial charge in [-0.15, -0.1) is 0 Å². The van der Waals surface area contributed by atoms with Crippen LogP contribution in [0.2, 0.25) is 0 Å². The summed E-state index contributed by atoms with van der Waals surface area (Å²) >= 11 is 0. The molecule has 0 aromatic rings. The van der Waals surface area contributed by atoms with Crippen molar-refractivity contribution in [1.29, 1.82) is 0 Å². The van der Waals surface area contributed by atoms with Crippen LogP contribution in [0.5, 0.6) is 0 Å². The predicted octanol–water partition coefficient (Wildman–Crippen LogP) is 1.20. The topological polar surface area (TPSA) is 29.5 Å². The Bertz CT molecular complexity index is 165. The molecule has 0 aromatic heterocycles. The van der Waals surface area contributed by atoms with E-state index in [1.54, 1.807) is 6.08 Å². The first-order chi connectivity index (χ1) is 4.79. The molecule has 1 saturated heterocycles. The highest BCUT2D eigenvalue weighted by Crippen LogP contribution is 2.32. The van der Waals surface area contributed by atoms with E-state index in [1.807, 2.05) is 6.08 Å². The van der Waals surface area contributed by atoms with Crippen LogP contribution in [-0.2, 0) is 4.74 Å². The Kier molecular flexibility index (Phi) is 1.32. The van der Waals surface area contributed by atoms with Gasteiger partial charge in [0.2, 0.25) is 0 Å². The number of rotatable bonds is 0. The highest BCUT2D eigenvalue weighted by molar-refractivity contribution is 5.07. The molecule has 0 saturated carbocycles. The molecule has 2 aliphatic heterocycles. The standard InChI is InChI=1S/C8H12O2/c9-8-5-2-1-3-7(10-8)4-6-8/h4,6-7,9H,1-3,5H2/t7-,8+/m1/s1. The van der Waals surface area contributed by atoms with E-state index in [9.17, 15) is 5.11 Å². The number of hydrogen-bond donors (Lipinski definition) is 1. The largest absolute Gasteiger partial charge is 0.362 e. The molecule has 2 nitrogen and oxygen atoms in total. The molecular formula is C8H12O2. The lowest BCUT2D eigenvalue weighted by atomic mass is 10.0. The fourth-order valence-electron chi connectivity index (χ4n) is 1.62. The lowest BCUT2D eigenvalue weighted by molar-refractivity contribution is -0.169. The monoisotopic (exact) mass is 140 g/mol. The molecule has 2 aliphatic rings. The van der Waals surface area contributed by atoms with Crippen molar-refractivity contribution in [3.05, 3.63) is 12.2 Å². The molecule has 2 heterocycles. The van der Waals surface area contributed by atoms with Gasteiger partial charge in [0.05, 0.1) is 6.10 Å². The van der Waals surface area contributed by atoms with E-state index in [-0.39, 0.29) is 6.10 Å². The van der Waals surface area contributed by atoms with E-state index in [2.05, 4.69) is 0 Å². The van der Waals surface area contributed by atoms with E-state index in [0.717, 1.165) is 19.3 Å². The van der Waals surface area contributed by atoms with E-state index in [0.29, 0.717) is 0 Å². The number of ether oxygens (including phenoxy) is 1. The van der Waals surface area contributed by atoms with Gasteiger partial charge in [0.25, 0.3) is 0 Å². The molecule has 0 amide bonds. The summed E-state index contributed by atoms with van der Waals surface area (Å²) in [5.41, 5.74) is 0. The predicted molar refractivity (Wildman–Crippen MR) is 37.4 cm³/mol. The first-order valence-electron chi connectivity index (χ1n) is 3.88. The van der Waals surface area contributed by atoms with Gasteiger partial charge in [-0.2, -0.15) is 0 Å². The van der Waals surface area contributed by atoms with Crippen molar-refractivity contribution in [1.82, 2.24) is 0 Å². The van der Waals surface area contributed by atoms with Crippen LogP contribution < -0.4 is 0 Å². The van der Waals surface area contributed by atoms with Crippen molar-refractivity contribution in [2.75, 3.05) is 0 Å². The second-order valence-electron chi connectivity index (χ2n) is 3.11. The Labute approximate surface area is 60.5 Å². The lowest BCUT2D eigenvalue weighted by Gasteiger charge is -2.19. The average Bonchev–Trinajstić information content (AvgIpc) is 2.11. The molecule has 0 unspecified atom stereocenters. The van der Waals surface area contributed by atoms with Crippen LogP contribution in [0.4, 0.5) is 0 Å². The minimum absolute atomic E-state index is 0.187. The molecule has 2 rings (SSSR count). The molecule has 2 bridgehead atoms. The van der Waals surface area contributed by atoms with Crippen LogP contribution in [0.3, 0.4) is 0 Å². The maximum Gasteiger partial charge on any atom is 0.185 e. The first-order valence-corrected chi connectivity index (χ1v) is 3.88. The number of fused-ring (bicyclic) bond motifs is 2. The molecule has 0 radical (unpaired) electrons. The lowest BCUT2D eigenvalue weighted by Crippen LogP contribution is -2.26. The van der Waals surface area contributed by atoms with Crippen molar-refractivity contribution in [3.63, 3.8) is 0 Å². The second-order valence-corrected chi connectivity index (χ2v) is 3.11. The van der Waals surface area contributed by atoms with Gasteiger partial charge in [0.15, 0.2) is 5.79 Å². The fraction of sp³-hybridized carbons (Fsp3) is 0.750. The van der Waals surface area contributed by atoms with Gasteiger partial charge in [-0.3, -0.25) is 0 Å². The summed E-state index contributed by atoms with van der Waals surface area (Å²) in [5, 5.41) is 9.59. The highest BCUT2D eigenvalue weighted by Gasteiger charge is 2.34. The van der Waals surface area contributed by atoms with E-state index >= 15 is 0 Å². The third kappa shape index (κ3) is 0.976. The van der Waals surface area contributed by atoms with E-state index in [4.69, 9.17) is 4.74 Å². The van der Waals surface area contributed by atoms with Crippen LogP contribution in [0.1, 0.15) is 25.7 Å². The Balaban J connectivity index is 2.17. The zero-order valence-corrected chi connectivity index (χ0v) is 5.92. The molecule has 1 N–H and O–H groups in total. The molecule has 1 fully saturated rings. The third-order valence-corrected chi connectivity index (χ3v) is 2.20. The number of aliphatic hydroxyl groups is 1. The van der Waals surface area contributed by atoms with Crippen molar-refractivity contribution in [2.24, 2.45) is 0 Å². The Morgan fingerprint density at radius 2 is 2.40 bits per heavy atom. The van der Waals surface area contributed by atoms with Gasteiger partial charge in [-0.05, 0) is 18.9 Å². The molecule has 56 valence electrons. The average molecular weight is 140 g/mol. The number of hydrogen-bond acceptors (Lipinski definition) is 2. The highest BCUT2D eigenvalue weighted by atomic mass is 16.6.